The van der Waals surface area contributed by atoms with E-state index >= 15 is 0 Å². The molecule has 0 spiro atoms. The molecule has 1 heterocycles. The van der Waals surface area contributed by atoms with E-state index in [0.717, 1.165) is 28.6 Å². The largest absolute Gasteiger partial charge is 0.252 e. The molecule has 3 nitrogen and oxygen atoms in total. The Morgan fingerprint density at radius 3 is 2.63 bits per heavy atom. The molecule has 1 saturated carbocycles. The number of halogens is 2. The number of thiophene rings is 1. The molecular weight excluding hydrogens is 370 g/mol. The first-order chi connectivity index (χ1) is 8.96. The van der Waals surface area contributed by atoms with E-state index in [2.05, 4.69) is 15.9 Å². The van der Waals surface area contributed by atoms with E-state index in [1.54, 1.807) is 10.4 Å². The third-order valence-corrected chi connectivity index (χ3v) is 8.20. The number of alkyl halides is 1. The zero-order chi connectivity index (χ0) is 14.0. The van der Waals surface area contributed by atoms with Gasteiger partial charge in [-0.3, -0.25) is 0 Å². The number of rotatable bonds is 6. The highest BCUT2D eigenvalue weighted by atomic mass is 79.9. The van der Waals surface area contributed by atoms with Crippen molar-refractivity contribution in [3.8, 4) is 0 Å². The van der Waals surface area contributed by atoms with Crippen molar-refractivity contribution in [2.75, 3.05) is 12.4 Å². The lowest BCUT2D eigenvalue weighted by molar-refractivity contribution is 0.220. The summed E-state index contributed by atoms with van der Waals surface area (Å²) in [5, 5.41) is 0. The van der Waals surface area contributed by atoms with Crippen LogP contribution in [0.4, 0.5) is 0 Å². The second-order valence-corrected chi connectivity index (χ2v) is 9.63. The molecule has 0 bridgehead atoms. The molecule has 1 fully saturated rings. The van der Waals surface area contributed by atoms with Crippen LogP contribution in [0, 0.1) is 6.92 Å². The summed E-state index contributed by atoms with van der Waals surface area (Å²) < 4.78 is 28.4. The van der Waals surface area contributed by atoms with Gasteiger partial charge < -0.3 is 0 Å². The lowest BCUT2D eigenvalue weighted by atomic mass is 9.93. The van der Waals surface area contributed by atoms with E-state index in [4.69, 9.17) is 11.6 Å². The molecule has 0 unspecified atom stereocenters. The van der Waals surface area contributed by atoms with Gasteiger partial charge in [0.1, 0.15) is 4.21 Å². The van der Waals surface area contributed by atoms with Gasteiger partial charge in [0.25, 0.3) is 10.0 Å². The van der Waals surface area contributed by atoms with Gasteiger partial charge in [0.05, 0.1) is 3.79 Å². The van der Waals surface area contributed by atoms with Crippen LogP contribution in [0.3, 0.4) is 0 Å². The second-order valence-electron chi connectivity index (χ2n) is 4.77. The SMILES string of the molecule is Cc1cc(S(=O)(=O)N(CCCCl)C2CCC2)sc1Br. The lowest BCUT2D eigenvalue weighted by Crippen LogP contribution is -2.44. The maximum absolute atomic E-state index is 12.7. The van der Waals surface area contributed by atoms with E-state index in [1.165, 1.54) is 11.3 Å². The molecule has 0 saturated heterocycles. The molecule has 1 aliphatic rings. The Labute approximate surface area is 132 Å². The zero-order valence-corrected chi connectivity index (χ0v) is 14.7. The molecule has 2 rings (SSSR count). The maximum Gasteiger partial charge on any atom is 0.252 e. The third kappa shape index (κ3) is 3.35. The number of hydrogen-bond donors (Lipinski definition) is 0. The molecular formula is C12H17BrClNO2S2. The van der Waals surface area contributed by atoms with Gasteiger partial charge in [-0.2, -0.15) is 4.31 Å². The normalized spacial score (nSPS) is 16.8. The monoisotopic (exact) mass is 385 g/mol. The van der Waals surface area contributed by atoms with Crippen LogP contribution in [0.15, 0.2) is 14.1 Å². The Hall–Kier alpha value is 0.380. The molecule has 0 N–H and O–H groups in total. The van der Waals surface area contributed by atoms with Crippen LogP contribution < -0.4 is 0 Å². The molecule has 108 valence electrons. The molecule has 0 amide bonds. The second kappa shape index (κ2) is 6.43. The fraction of sp³-hybridized carbons (Fsp3) is 0.667. The van der Waals surface area contributed by atoms with Crippen LogP contribution in [0.5, 0.6) is 0 Å². The van der Waals surface area contributed by atoms with E-state index in [1.807, 2.05) is 6.92 Å². The Morgan fingerprint density at radius 2 is 2.21 bits per heavy atom. The summed E-state index contributed by atoms with van der Waals surface area (Å²) in [4.78, 5) is 0. The zero-order valence-electron chi connectivity index (χ0n) is 10.7. The van der Waals surface area contributed by atoms with Crippen molar-refractivity contribution in [2.45, 2.75) is 42.9 Å². The van der Waals surface area contributed by atoms with Crippen molar-refractivity contribution in [1.82, 2.24) is 4.31 Å². The standard InChI is InChI=1S/C12H17BrClNO2S2/c1-9-8-11(18-12(9)13)19(16,17)15(7-3-6-14)10-4-2-5-10/h8,10H,2-7H2,1H3. The topological polar surface area (TPSA) is 37.4 Å². The van der Waals surface area contributed by atoms with Crippen molar-refractivity contribution < 1.29 is 8.42 Å². The number of sulfonamides is 1. The van der Waals surface area contributed by atoms with Crippen molar-refractivity contribution in [2.24, 2.45) is 0 Å². The lowest BCUT2D eigenvalue weighted by Gasteiger charge is -2.36. The minimum Gasteiger partial charge on any atom is -0.206 e. The summed E-state index contributed by atoms with van der Waals surface area (Å²) in [6.45, 7) is 2.43. The van der Waals surface area contributed by atoms with Gasteiger partial charge in [0.2, 0.25) is 0 Å². The van der Waals surface area contributed by atoms with Crippen molar-refractivity contribution in [1.29, 1.82) is 0 Å². The first-order valence-electron chi connectivity index (χ1n) is 6.30. The minimum absolute atomic E-state index is 0.161. The van der Waals surface area contributed by atoms with Crippen LogP contribution >= 0.6 is 38.9 Å². The van der Waals surface area contributed by atoms with E-state index in [9.17, 15) is 8.42 Å². The molecule has 0 aliphatic heterocycles. The summed E-state index contributed by atoms with van der Waals surface area (Å²) in [5.74, 6) is 0.492. The molecule has 1 aromatic rings. The average molecular weight is 387 g/mol. The summed E-state index contributed by atoms with van der Waals surface area (Å²) in [6.07, 6.45) is 3.74. The molecule has 19 heavy (non-hydrogen) atoms. The highest BCUT2D eigenvalue weighted by molar-refractivity contribution is 9.11. The smallest absolute Gasteiger partial charge is 0.206 e. The van der Waals surface area contributed by atoms with Gasteiger partial charge in [-0.15, -0.1) is 22.9 Å². The van der Waals surface area contributed by atoms with Crippen LogP contribution in [-0.4, -0.2) is 31.2 Å². The predicted molar refractivity (Wildman–Crippen MR) is 83.6 cm³/mol. The number of hydrogen-bond acceptors (Lipinski definition) is 3. The van der Waals surface area contributed by atoms with E-state index in [0.29, 0.717) is 23.1 Å². The summed E-state index contributed by atoms with van der Waals surface area (Å²) in [7, 11) is -3.37. The maximum atomic E-state index is 12.7. The molecule has 0 radical (unpaired) electrons. The van der Waals surface area contributed by atoms with Gasteiger partial charge in [-0.25, -0.2) is 8.42 Å². The van der Waals surface area contributed by atoms with Crippen LogP contribution in [0.25, 0.3) is 0 Å². The molecule has 7 heteroatoms. The number of nitrogens with zero attached hydrogens (tertiary/aromatic N) is 1. The Balaban J connectivity index is 2.27. The van der Waals surface area contributed by atoms with Crippen molar-refractivity contribution in [3.05, 3.63) is 15.4 Å². The highest BCUT2D eigenvalue weighted by Gasteiger charge is 2.35. The Kier molecular flexibility index (Phi) is 5.34. The predicted octanol–water partition coefficient (Wildman–Crippen LogP) is 3.99. The fourth-order valence-electron chi connectivity index (χ4n) is 2.06. The van der Waals surface area contributed by atoms with E-state index < -0.39 is 10.0 Å². The number of aryl methyl sites for hydroxylation is 1. The van der Waals surface area contributed by atoms with E-state index in [-0.39, 0.29) is 6.04 Å². The Morgan fingerprint density at radius 1 is 1.53 bits per heavy atom. The van der Waals surface area contributed by atoms with Gasteiger partial charge in [-0.1, -0.05) is 6.42 Å². The van der Waals surface area contributed by atoms with Gasteiger partial charge in [0.15, 0.2) is 0 Å². The van der Waals surface area contributed by atoms with Crippen LogP contribution in [0.2, 0.25) is 0 Å². The first kappa shape index (κ1) is 15.8. The van der Waals surface area contributed by atoms with Gasteiger partial charge in [0, 0.05) is 18.5 Å². The molecule has 1 aromatic heterocycles. The molecule has 0 aromatic carbocycles. The summed E-state index contributed by atoms with van der Waals surface area (Å²) in [5.41, 5.74) is 0.967. The minimum atomic E-state index is -3.37. The van der Waals surface area contributed by atoms with Crippen molar-refractivity contribution >= 4 is 48.9 Å². The average Bonchev–Trinajstić information content (AvgIpc) is 2.63. The van der Waals surface area contributed by atoms with Gasteiger partial charge in [-0.05, 0) is 53.7 Å². The Bertz CT molecular complexity index is 520. The fourth-order valence-corrected chi connectivity index (χ4v) is 6.26. The van der Waals surface area contributed by atoms with Crippen molar-refractivity contribution in [3.63, 3.8) is 0 Å². The first-order valence-corrected chi connectivity index (χ1v) is 9.89. The molecule has 1 aliphatic carbocycles. The highest BCUT2D eigenvalue weighted by Crippen LogP contribution is 2.36. The summed E-state index contributed by atoms with van der Waals surface area (Å²) in [6, 6.07) is 1.91. The van der Waals surface area contributed by atoms with Gasteiger partial charge >= 0.3 is 0 Å². The van der Waals surface area contributed by atoms with Crippen LogP contribution in [0.1, 0.15) is 31.2 Å². The molecule has 0 atom stereocenters. The van der Waals surface area contributed by atoms with Crippen LogP contribution in [-0.2, 0) is 10.0 Å². The quantitative estimate of drug-likeness (QED) is 0.693. The third-order valence-electron chi connectivity index (χ3n) is 3.39. The summed E-state index contributed by atoms with van der Waals surface area (Å²) >= 11 is 10.4.